The van der Waals surface area contributed by atoms with Crippen LogP contribution in [-0.2, 0) is 4.79 Å². The molecular weight excluding hydrogens is 154 g/mol. The van der Waals surface area contributed by atoms with Crippen LogP contribution in [0.15, 0.2) is 0 Å². The smallest absolute Gasteiger partial charge is 0.279 e. The van der Waals surface area contributed by atoms with Gasteiger partial charge in [0.25, 0.3) is 11.1 Å². The van der Waals surface area contributed by atoms with E-state index < -0.39 is 6.04 Å². The monoisotopic (exact) mass is 161 g/mol. The predicted molar refractivity (Wildman–Crippen MR) is 37.1 cm³/mol. The van der Waals surface area contributed by atoms with Crippen molar-refractivity contribution in [2.24, 2.45) is 5.84 Å². The lowest BCUT2D eigenvalue weighted by Crippen LogP contribution is -2.45. The van der Waals surface area contributed by atoms with Gasteiger partial charge in [-0.05, 0) is 0 Å². The van der Waals surface area contributed by atoms with Gasteiger partial charge in [0.2, 0.25) is 0 Å². The van der Waals surface area contributed by atoms with E-state index in [0.717, 1.165) is 11.8 Å². The molecule has 2 amide bonds. The average molecular weight is 161 g/mol. The summed E-state index contributed by atoms with van der Waals surface area (Å²) in [6, 6.07) is -0.456. The van der Waals surface area contributed by atoms with Gasteiger partial charge >= 0.3 is 0 Å². The van der Waals surface area contributed by atoms with Crippen molar-refractivity contribution in [3.8, 4) is 0 Å². The van der Waals surface area contributed by atoms with Crippen LogP contribution in [0.25, 0.3) is 0 Å². The first-order chi connectivity index (χ1) is 4.74. The van der Waals surface area contributed by atoms with Gasteiger partial charge in [-0.2, -0.15) is 0 Å². The molecular formula is C4H7N3O2S. The summed E-state index contributed by atoms with van der Waals surface area (Å²) in [6.07, 6.45) is 0. The molecule has 1 aliphatic heterocycles. The SMILES string of the molecule is NNC(=O)C1CSC(=O)N1. The van der Waals surface area contributed by atoms with E-state index in [9.17, 15) is 9.59 Å². The van der Waals surface area contributed by atoms with Crippen LogP contribution in [0.4, 0.5) is 4.79 Å². The molecule has 0 radical (unpaired) electrons. The van der Waals surface area contributed by atoms with Crippen molar-refractivity contribution in [3.63, 3.8) is 0 Å². The second-order valence-electron chi connectivity index (χ2n) is 1.80. The van der Waals surface area contributed by atoms with Crippen LogP contribution in [0.5, 0.6) is 0 Å². The summed E-state index contributed by atoms with van der Waals surface area (Å²) in [5.74, 6) is 4.95. The fourth-order valence-electron chi connectivity index (χ4n) is 0.626. The number of amides is 2. The minimum atomic E-state index is -0.456. The first-order valence-electron chi connectivity index (χ1n) is 2.68. The number of hydrogen-bond acceptors (Lipinski definition) is 4. The molecule has 1 unspecified atom stereocenters. The molecule has 0 aromatic carbocycles. The van der Waals surface area contributed by atoms with Crippen molar-refractivity contribution in [1.82, 2.24) is 10.7 Å². The third kappa shape index (κ3) is 1.39. The third-order valence-corrected chi connectivity index (χ3v) is 2.01. The Morgan fingerprint density at radius 1 is 1.90 bits per heavy atom. The Morgan fingerprint density at radius 2 is 2.60 bits per heavy atom. The van der Waals surface area contributed by atoms with Gasteiger partial charge in [-0.15, -0.1) is 0 Å². The Bertz CT molecular complexity index is 172. The van der Waals surface area contributed by atoms with Crippen molar-refractivity contribution in [2.45, 2.75) is 6.04 Å². The van der Waals surface area contributed by atoms with Crippen LogP contribution >= 0.6 is 11.8 Å². The van der Waals surface area contributed by atoms with E-state index in [1.54, 1.807) is 0 Å². The number of nitrogens with one attached hydrogen (secondary N) is 2. The Kier molecular flexibility index (Phi) is 2.13. The van der Waals surface area contributed by atoms with Gasteiger partial charge in [0, 0.05) is 5.75 Å². The largest absolute Gasteiger partial charge is 0.334 e. The minimum absolute atomic E-state index is 0.173. The Hall–Kier alpha value is -0.750. The summed E-state index contributed by atoms with van der Waals surface area (Å²) < 4.78 is 0. The van der Waals surface area contributed by atoms with Crippen molar-refractivity contribution >= 4 is 22.9 Å². The van der Waals surface area contributed by atoms with Gasteiger partial charge in [0.15, 0.2) is 0 Å². The van der Waals surface area contributed by atoms with E-state index >= 15 is 0 Å². The van der Waals surface area contributed by atoms with Gasteiger partial charge in [-0.1, -0.05) is 11.8 Å². The maximum absolute atomic E-state index is 10.7. The van der Waals surface area contributed by atoms with Crippen LogP contribution in [0.3, 0.4) is 0 Å². The Morgan fingerprint density at radius 3 is 3.00 bits per heavy atom. The normalized spacial score (nSPS) is 24.1. The topological polar surface area (TPSA) is 84.2 Å². The van der Waals surface area contributed by atoms with Crippen molar-refractivity contribution in [1.29, 1.82) is 0 Å². The average Bonchev–Trinajstić information content (AvgIpc) is 2.34. The van der Waals surface area contributed by atoms with Crippen LogP contribution < -0.4 is 16.6 Å². The summed E-state index contributed by atoms with van der Waals surface area (Å²) in [6.45, 7) is 0. The number of thioether (sulfide) groups is 1. The lowest BCUT2D eigenvalue weighted by Gasteiger charge is -2.04. The summed E-state index contributed by atoms with van der Waals surface area (Å²) in [5, 5.41) is 2.26. The molecule has 5 nitrogen and oxygen atoms in total. The predicted octanol–water partition coefficient (Wildman–Crippen LogP) is -1.20. The van der Waals surface area contributed by atoms with Crippen LogP contribution in [0.1, 0.15) is 0 Å². The van der Waals surface area contributed by atoms with Crippen molar-refractivity contribution < 1.29 is 9.59 Å². The van der Waals surface area contributed by atoms with Gasteiger partial charge in [-0.25, -0.2) is 5.84 Å². The van der Waals surface area contributed by atoms with Crippen molar-refractivity contribution in [3.05, 3.63) is 0 Å². The molecule has 0 spiro atoms. The first-order valence-corrected chi connectivity index (χ1v) is 3.66. The second kappa shape index (κ2) is 2.89. The number of carbonyl (C=O) groups is 2. The fraction of sp³-hybridized carbons (Fsp3) is 0.500. The molecule has 0 bridgehead atoms. The quantitative estimate of drug-likeness (QED) is 0.256. The van der Waals surface area contributed by atoms with Crippen molar-refractivity contribution in [2.75, 3.05) is 5.75 Å². The van der Waals surface area contributed by atoms with Crippen LogP contribution in [0, 0.1) is 0 Å². The molecule has 1 rings (SSSR count). The molecule has 56 valence electrons. The summed E-state index contributed by atoms with van der Waals surface area (Å²) in [7, 11) is 0. The standard InChI is InChI=1S/C4H7N3O2S/c5-7-3(8)2-1-10-4(9)6-2/h2H,1,5H2,(H,6,9)(H,7,8). The number of rotatable bonds is 1. The van der Waals surface area contributed by atoms with E-state index in [2.05, 4.69) is 5.32 Å². The van der Waals surface area contributed by atoms with Gasteiger partial charge < -0.3 is 5.32 Å². The number of carbonyl (C=O) groups excluding carboxylic acids is 2. The molecule has 1 atom stereocenters. The highest BCUT2D eigenvalue weighted by Crippen LogP contribution is 2.12. The second-order valence-corrected chi connectivity index (χ2v) is 2.80. The molecule has 6 heteroatoms. The zero-order valence-electron chi connectivity index (χ0n) is 5.09. The third-order valence-electron chi connectivity index (χ3n) is 1.13. The molecule has 0 aromatic rings. The summed E-state index contributed by atoms with van der Waals surface area (Å²) in [5.41, 5.74) is 1.96. The van der Waals surface area contributed by atoms with E-state index in [4.69, 9.17) is 5.84 Å². The highest BCUT2D eigenvalue weighted by molar-refractivity contribution is 8.14. The molecule has 1 heterocycles. The van der Waals surface area contributed by atoms with E-state index in [1.165, 1.54) is 0 Å². The number of hydrazine groups is 1. The van der Waals surface area contributed by atoms with Crippen LogP contribution in [0.2, 0.25) is 0 Å². The molecule has 10 heavy (non-hydrogen) atoms. The van der Waals surface area contributed by atoms with Gasteiger partial charge in [0.05, 0.1) is 0 Å². The molecule has 1 fully saturated rings. The van der Waals surface area contributed by atoms with E-state index in [0.29, 0.717) is 5.75 Å². The number of hydrogen-bond donors (Lipinski definition) is 3. The first kappa shape index (κ1) is 7.36. The molecule has 0 aliphatic carbocycles. The molecule has 1 saturated heterocycles. The maximum atomic E-state index is 10.7. The molecule has 1 aliphatic rings. The Labute approximate surface area is 61.7 Å². The fourth-order valence-corrected chi connectivity index (χ4v) is 1.40. The van der Waals surface area contributed by atoms with Gasteiger partial charge in [-0.3, -0.25) is 15.0 Å². The van der Waals surface area contributed by atoms with E-state index in [-0.39, 0.29) is 11.1 Å². The molecule has 0 aromatic heterocycles. The highest BCUT2D eigenvalue weighted by Gasteiger charge is 2.26. The summed E-state index contributed by atoms with van der Waals surface area (Å²) >= 11 is 1.08. The minimum Gasteiger partial charge on any atom is -0.334 e. The Balaban J connectivity index is 2.44. The lowest BCUT2D eigenvalue weighted by atomic mass is 10.3. The summed E-state index contributed by atoms with van der Waals surface area (Å²) in [4.78, 5) is 21.2. The van der Waals surface area contributed by atoms with Gasteiger partial charge in [0.1, 0.15) is 6.04 Å². The molecule has 0 saturated carbocycles. The number of nitrogens with two attached hydrogens (primary N) is 1. The zero-order chi connectivity index (χ0) is 7.56. The van der Waals surface area contributed by atoms with E-state index in [1.807, 2.05) is 5.43 Å². The lowest BCUT2D eigenvalue weighted by molar-refractivity contribution is -0.122. The highest BCUT2D eigenvalue weighted by atomic mass is 32.2. The zero-order valence-corrected chi connectivity index (χ0v) is 5.90. The maximum Gasteiger partial charge on any atom is 0.279 e. The molecule has 4 N–H and O–H groups in total. The van der Waals surface area contributed by atoms with Crippen LogP contribution in [-0.4, -0.2) is 22.9 Å².